The van der Waals surface area contributed by atoms with E-state index in [0.29, 0.717) is 19.4 Å². The van der Waals surface area contributed by atoms with Crippen LogP contribution in [0.5, 0.6) is 0 Å². The minimum atomic E-state index is -0.997. The molecule has 122 valence electrons. The lowest BCUT2D eigenvalue weighted by atomic mass is 10.0. The minimum Gasteiger partial charge on any atom is -0.388 e. The van der Waals surface area contributed by atoms with E-state index in [1.807, 2.05) is 36.6 Å². The van der Waals surface area contributed by atoms with Gasteiger partial charge in [0.25, 0.3) is 0 Å². The zero-order chi connectivity index (χ0) is 16.4. The van der Waals surface area contributed by atoms with Crippen molar-refractivity contribution in [3.63, 3.8) is 0 Å². The fourth-order valence-corrected chi connectivity index (χ4v) is 2.45. The van der Waals surface area contributed by atoms with Gasteiger partial charge < -0.3 is 15.7 Å². The highest BCUT2D eigenvalue weighted by Crippen LogP contribution is 2.11. The van der Waals surface area contributed by atoms with E-state index < -0.39 is 17.4 Å². The number of aliphatic hydroxyl groups is 1. The molecule has 0 saturated heterocycles. The zero-order valence-electron chi connectivity index (χ0n) is 13.1. The number of carbonyl (C=O) groups excluding carboxylic acids is 2. The molecular formula is C16H24N2O3S. The Kier molecular flexibility index (Phi) is 7.98. The zero-order valence-corrected chi connectivity index (χ0v) is 13.9. The Morgan fingerprint density at radius 3 is 2.45 bits per heavy atom. The number of thioether (sulfide) groups is 1. The monoisotopic (exact) mass is 324 g/mol. The number of amides is 2. The predicted molar refractivity (Wildman–Crippen MR) is 89.8 cm³/mol. The van der Waals surface area contributed by atoms with Crippen LogP contribution < -0.4 is 10.6 Å². The average Bonchev–Trinajstić information content (AvgIpc) is 2.51. The SMILES string of the molecule is CSCC[C@](C)(O)CNC(=O)C(=O)NCCc1ccccc1. The van der Waals surface area contributed by atoms with Gasteiger partial charge in [-0.3, -0.25) is 9.59 Å². The van der Waals surface area contributed by atoms with Gasteiger partial charge in [-0.25, -0.2) is 0 Å². The molecule has 0 aliphatic rings. The summed E-state index contributed by atoms with van der Waals surface area (Å²) in [5.41, 5.74) is 0.103. The van der Waals surface area contributed by atoms with Crippen LogP contribution in [0, 0.1) is 0 Å². The van der Waals surface area contributed by atoms with Crippen molar-refractivity contribution >= 4 is 23.6 Å². The second kappa shape index (κ2) is 9.48. The van der Waals surface area contributed by atoms with Gasteiger partial charge in [-0.2, -0.15) is 11.8 Å². The van der Waals surface area contributed by atoms with Crippen molar-refractivity contribution in [3.05, 3.63) is 35.9 Å². The molecule has 22 heavy (non-hydrogen) atoms. The van der Waals surface area contributed by atoms with E-state index in [1.165, 1.54) is 0 Å². The first-order valence-electron chi connectivity index (χ1n) is 7.26. The molecule has 1 aromatic carbocycles. The quantitative estimate of drug-likeness (QED) is 0.623. The maximum atomic E-state index is 11.7. The van der Waals surface area contributed by atoms with E-state index in [9.17, 15) is 14.7 Å². The van der Waals surface area contributed by atoms with Crippen LogP contribution in [0.3, 0.4) is 0 Å². The summed E-state index contributed by atoms with van der Waals surface area (Å²) < 4.78 is 0. The van der Waals surface area contributed by atoms with Crippen molar-refractivity contribution in [2.75, 3.05) is 25.1 Å². The third-order valence-corrected chi connectivity index (χ3v) is 3.84. The first kappa shape index (κ1) is 18.5. The molecule has 5 nitrogen and oxygen atoms in total. The Morgan fingerprint density at radius 1 is 1.18 bits per heavy atom. The molecule has 0 bridgehead atoms. The van der Waals surface area contributed by atoms with E-state index in [2.05, 4.69) is 10.6 Å². The third-order valence-electron chi connectivity index (χ3n) is 3.22. The van der Waals surface area contributed by atoms with Crippen molar-refractivity contribution in [2.24, 2.45) is 0 Å². The van der Waals surface area contributed by atoms with Gasteiger partial charge in [0.15, 0.2) is 0 Å². The number of carbonyl (C=O) groups is 2. The molecule has 1 atom stereocenters. The van der Waals surface area contributed by atoms with E-state index in [-0.39, 0.29) is 6.54 Å². The fourth-order valence-electron chi connectivity index (χ4n) is 1.81. The first-order chi connectivity index (χ1) is 10.4. The molecule has 0 unspecified atom stereocenters. The number of hydrogen-bond acceptors (Lipinski definition) is 4. The van der Waals surface area contributed by atoms with Crippen LogP contribution in [0.15, 0.2) is 30.3 Å². The largest absolute Gasteiger partial charge is 0.388 e. The molecule has 0 aromatic heterocycles. The van der Waals surface area contributed by atoms with Gasteiger partial charge in [-0.05, 0) is 37.3 Å². The summed E-state index contributed by atoms with van der Waals surface area (Å²) in [5, 5.41) is 15.1. The summed E-state index contributed by atoms with van der Waals surface area (Å²) in [6.45, 7) is 2.12. The van der Waals surface area contributed by atoms with E-state index in [4.69, 9.17) is 0 Å². The molecule has 0 spiro atoms. The van der Waals surface area contributed by atoms with Crippen LogP contribution in [0.25, 0.3) is 0 Å². The van der Waals surface area contributed by atoms with Gasteiger partial charge in [0.1, 0.15) is 0 Å². The number of hydrogen-bond donors (Lipinski definition) is 3. The summed E-state index contributed by atoms with van der Waals surface area (Å²) in [5.74, 6) is -0.583. The molecule has 0 saturated carbocycles. The average molecular weight is 324 g/mol. The Bertz CT molecular complexity index is 478. The lowest BCUT2D eigenvalue weighted by Gasteiger charge is -2.23. The van der Waals surface area contributed by atoms with Crippen LogP contribution in [0.2, 0.25) is 0 Å². The molecule has 3 N–H and O–H groups in total. The van der Waals surface area contributed by atoms with Crippen molar-refractivity contribution in [3.8, 4) is 0 Å². The minimum absolute atomic E-state index is 0.0680. The second-order valence-corrected chi connectivity index (χ2v) is 6.40. The van der Waals surface area contributed by atoms with Crippen LogP contribution >= 0.6 is 11.8 Å². The van der Waals surface area contributed by atoms with E-state index >= 15 is 0 Å². The Labute approximate surface area is 135 Å². The standard InChI is InChI=1S/C16H24N2O3S/c1-16(21,9-11-22-2)12-18-15(20)14(19)17-10-8-13-6-4-3-5-7-13/h3-7,21H,8-12H2,1-2H3,(H,17,19)(H,18,20)/t16-/m0/s1. The highest BCUT2D eigenvalue weighted by molar-refractivity contribution is 7.98. The molecule has 0 radical (unpaired) electrons. The third kappa shape index (κ3) is 7.47. The lowest BCUT2D eigenvalue weighted by molar-refractivity contribution is -0.139. The van der Waals surface area contributed by atoms with Crippen LogP contribution in [-0.4, -0.2) is 47.6 Å². The van der Waals surface area contributed by atoms with Crippen molar-refractivity contribution in [1.82, 2.24) is 10.6 Å². The highest BCUT2D eigenvalue weighted by atomic mass is 32.2. The molecular weight excluding hydrogens is 300 g/mol. The molecule has 6 heteroatoms. The predicted octanol–water partition coefficient (Wildman–Crippen LogP) is 0.966. The normalized spacial score (nSPS) is 13.2. The molecule has 1 rings (SSSR count). The van der Waals surface area contributed by atoms with Gasteiger partial charge in [0.05, 0.1) is 5.60 Å². The summed E-state index contributed by atoms with van der Waals surface area (Å²) in [7, 11) is 0. The smallest absolute Gasteiger partial charge is 0.309 e. The maximum Gasteiger partial charge on any atom is 0.309 e. The Morgan fingerprint density at radius 2 is 1.82 bits per heavy atom. The van der Waals surface area contributed by atoms with Gasteiger partial charge in [-0.15, -0.1) is 0 Å². The fraction of sp³-hybridized carbons (Fsp3) is 0.500. The van der Waals surface area contributed by atoms with Crippen molar-refractivity contribution < 1.29 is 14.7 Å². The van der Waals surface area contributed by atoms with Gasteiger partial charge in [0.2, 0.25) is 0 Å². The summed E-state index contributed by atoms with van der Waals surface area (Å²) in [6.07, 6.45) is 3.18. The van der Waals surface area contributed by atoms with E-state index in [0.717, 1.165) is 11.3 Å². The molecule has 0 aliphatic heterocycles. The molecule has 0 heterocycles. The van der Waals surface area contributed by atoms with Gasteiger partial charge in [0, 0.05) is 13.1 Å². The lowest BCUT2D eigenvalue weighted by Crippen LogP contribution is -2.47. The summed E-state index contributed by atoms with van der Waals surface area (Å²) >= 11 is 1.63. The molecule has 0 aliphatic carbocycles. The summed E-state index contributed by atoms with van der Waals surface area (Å²) in [6, 6.07) is 9.73. The van der Waals surface area contributed by atoms with Gasteiger partial charge >= 0.3 is 11.8 Å². The number of benzene rings is 1. The van der Waals surface area contributed by atoms with E-state index in [1.54, 1.807) is 18.7 Å². The Balaban J connectivity index is 2.26. The molecule has 1 aromatic rings. The molecule has 2 amide bonds. The van der Waals surface area contributed by atoms with Crippen molar-refractivity contribution in [1.29, 1.82) is 0 Å². The molecule has 0 fully saturated rings. The maximum absolute atomic E-state index is 11.7. The van der Waals surface area contributed by atoms with Crippen molar-refractivity contribution in [2.45, 2.75) is 25.4 Å². The van der Waals surface area contributed by atoms with Crippen LogP contribution in [0.1, 0.15) is 18.9 Å². The second-order valence-electron chi connectivity index (χ2n) is 5.41. The van der Waals surface area contributed by atoms with Crippen LogP contribution in [-0.2, 0) is 16.0 Å². The van der Waals surface area contributed by atoms with Gasteiger partial charge in [-0.1, -0.05) is 30.3 Å². The topological polar surface area (TPSA) is 78.4 Å². The highest BCUT2D eigenvalue weighted by Gasteiger charge is 2.22. The number of rotatable bonds is 8. The van der Waals surface area contributed by atoms with Crippen LogP contribution in [0.4, 0.5) is 0 Å². The Hall–Kier alpha value is -1.53. The first-order valence-corrected chi connectivity index (χ1v) is 8.65. The summed E-state index contributed by atoms with van der Waals surface area (Å²) in [4.78, 5) is 23.3. The number of nitrogens with one attached hydrogen (secondary N) is 2.